The summed E-state index contributed by atoms with van der Waals surface area (Å²) in [6, 6.07) is 8.13. The number of nitrogens with one attached hydrogen (secondary N) is 1. The van der Waals surface area contributed by atoms with E-state index in [4.69, 9.17) is 0 Å². The molecular formula is C15H16N2. The van der Waals surface area contributed by atoms with Gasteiger partial charge >= 0.3 is 0 Å². The average molecular weight is 224 g/mol. The zero-order chi connectivity index (χ0) is 12.1. The summed E-state index contributed by atoms with van der Waals surface area (Å²) >= 11 is 0. The number of hydrogen-bond donors (Lipinski definition) is 1. The van der Waals surface area contributed by atoms with Crippen LogP contribution in [0.25, 0.3) is 6.08 Å². The van der Waals surface area contributed by atoms with Gasteiger partial charge in [0.15, 0.2) is 0 Å². The third-order valence-corrected chi connectivity index (χ3v) is 2.59. The molecule has 17 heavy (non-hydrogen) atoms. The van der Waals surface area contributed by atoms with Crippen LogP contribution in [-0.2, 0) is 0 Å². The van der Waals surface area contributed by atoms with E-state index in [0.717, 1.165) is 22.0 Å². The minimum absolute atomic E-state index is 0.951. The van der Waals surface area contributed by atoms with Crippen molar-refractivity contribution in [3.63, 3.8) is 0 Å². The Bertz CT molecular complexity index is 604. The highest BCUT2D eigenvalue weighted by atomic mass is 14.9. The van der Waals surface area contributed by atoms with Gasteiger partial charge in [-0.25, -0.2) is 4.99 Å². The highest BCUT2D eigenvalue weighted by molar-refractivity contribution is 5.43. The molecule has 2 nitrogen and oxygen atoms in total. The fraction of sp³-hybridized carbons (Fsp3) is 0.133. The lowest BCUT2D eigenvalue weighted by Gasteiger charge is -2.05. The molecule has 0 radical (unpaired) electrons. The molecule has 0 saturated heterocycles. The summed E-state index contributed by atoms with van der Waals surface area (Å²) in [6.45, 7) is 2.00. The number of rotatable bonds is 2. The van der Waals surface area contributed by atoms with Crippen LogP contribution < -0.4 is 15.9 Å². The Hall–Kier alpha value is -2.09. The molecule has 1 aromatic rings. The van der Waals surface area contributed by atoms with Crippen LogP contribution in [0.2, 0.25) is 0 Å². The van der Waals surface area contributed by atoms with E-state index in [1.807, 2.05) is 56.5 Å². The van der Waals surface area contributed by atoms with E-state index >= 15 is 0 Å². The van der Waals surface area contributed by atoms with Crippen LogP contribution in [-0.4, -0.2) is 7.05 Å². The van der Waals surface area contributed by atoms with Gasteiger partial charge in [-0.15, -0.1) is 0 Å². The van der Waals surface area contributed by atoms with Crippen LogP contribution in [0.1, 0.15) is 6.92 Å². The molecule has 0 saturated carbocycles. The van der Waals surface area contributed by atoms with Crippen molar-refractivity contribution in [2.24, 2.45) is 4.99 Å². The first-order chi connectivity index (χ1) is 8.35. The second-order valence-corrected chi connectivity index (χ2v) is 3.75. The molecule has 2 rings (SSSR count). The van der Waals surface area contributed by atoms with Crippen LogP contribution >= 0.6 is 0 Å². The lowest BCUT2D eigenvalue weighted by atomic mass is 10.2. The van der Waals surface area contributed by atoms with Crippen molar-refractivity contribution < 1.29 is 0 Å². The lowest BCUT2D eigenvalue weighted by molar-refractivity contribution is 0.994. The molecule has 1 heterocycles. The SMILES string of the molecule is C/C=C/C1=C(NC)/C=C/C=c2\cccc\c2=N\1. The molecular weight excluding hydrogens is 208 g/mol. The fourth-order valence-corrected chi connectivity index (χ4v) is 1.75. The molecule has 1 aliphatic heterocycles. The summed E-state index contributed by atoms with van der Waals surface area (Å²) in [7, 11) is 1.91. The lowest BCUT2D eigenvalue weighted by Crippen LogP contribution is -2.25. The Morgan fingerprint density at radius 1 is 1.24 bits per heavy atom. The Kier molecular flexibility index (Phi) is 3.55. The summed E-state index contributed by atoms with van der Waals surface area (Å²) in [5.41, 5.74) is 1.97. The summed E-state index contributed by atoms with van der Waals surface area (Å²) in [4.78, 5) is 4.69. The number of para-hydroxylation sites is 1. The maximum Gasteiger partial charge on any atom is 0.0865 e. The van der Waals surface area contributed by atoms with Gasteiger partial charge in [-0.05, 0) is 25.1 Å². The Balaban J connectivity index is 2.72. The van der Waals surface area contributed by atoms with Crippen molar-refractivity contribution in [3.8, 4) is 0 Å². The molecule has 0 spiro atoms. The predicted molar refractivity (Wildman–Crippen MR) is 71.7 cm³/mol. The smallest absolute Gasteiger partial charge is 0.0865 e. The average Bonchev–Trinajstić information content (AvgIpc) is 2.33. The second kappa shape index (κ2) is 5.30. The van der Waals surface area contributed by atoms with Gasteiger partial charge in [0.1, 0.15) is 0 Å². The number of allylic oxidation sites excluding steroid dienone is 4. The second-order valence-electron chi connectivity index (χ2n) is 3.75. The van der Waals surface area contributed by atoms with Crippen molar-refractivity contribution in [1.29, 1.82) is 0 Å². The van der Waals surface area contributed by atoms with Crippen LogP contribution in [0.5, 0.6) is 0 Å². The molecule has 1 N–H and O–H groups in total. The summed E-state index contributed by atoms with van der Waals surface area (Å²) < 4.78 is 0. The molecule has 0 bridgehead atoms. The van der Waals surface area contributed by atoms with E-state index in [1.54, 1.807) is 0 Å². The molecule has 0 aliphatic carbocycles. The molecule has 0 atom stereocenters. The van der Waals surface area contributed by atoms with Gasteiger partial charge in [0, 0.05) is 12.3 Å². The van der Waals surface area contributed by atoms with E-state index < -0.39 is 0 Å². The Morgan fingerprint density at radius 2 is 2.06 bits per heavy atom. The van der Waals surface area contributed by atoms with Crippen molar-refractivity contribution in [3.05, 3.63) is 70.5 Å². The van der Waals surface area contributed by atoms with Crippen LogP contribution in [0, 0.1) is 0 Å². The molecule has 0 aromatic heterocycles. The van der Waals surface area contributed by atoms with Gasteiger partial charge in [0.05, 0.1) is 16.8 Å². The van der Waals surface area contributed by atoms with Crippen molar-refractivity contribution in [2.75, 3.05) is 7.05 Å². The van der Waals surface area contributed by atoms with Gasteiger partial charge in [-0.3, -0.25) is 0 Å². The quantitative estimate of drug-likeness (QED) is 0.812. The number of likely N-dealkylation sites (N-methyl/N-ethyl adjacent to an activating group) is 1. The van der Waals surface area contributed by atoms with E-state index in [9.17, 15) is 0 Å². The normalized spacial score (nSPS) is 24.8. The van der Waals surface area contributed by atoms with Crippen molar-refractivity contribution >= 4 is 6.08 Å². The summed E-state index contributed by atoms with van der Waals surface area (Å²) in [5, 5.41) is 5.30. The first-order valence-electron chi connectivity index (χ1n) is 5.72. The van der Waals surface area contributed by atoms with E-state index in [0.29, 0.717) is 0 Å². The molecule has 86 valence electrons. The van der Waals surface area contributed by atoms with Crippen LogP contribution in [0.4, 0.5) is 0 Å². The van der Waals surface area contributed by atoms with Crippen LogP contribution in [0.3, 0.4) is 0 Å². The van der Waals surface area contributed by atoms with Gasteiger partial charge < -0.3 is 5.32 Å². The maximum atomic E-state index is 4.69. The van der Waals surface area contributed by atoms with Gasteiger partial charge in [-0.1, -0.05) is 36.4 Å². The van der Waals surface area contributed by atoms with Crippen molar-refractivity contribution in [1.82, 2.24) is 5.32 Å². The third kappa shape index (κ3) is 2.53. The number of benzene rings is 1. The number of fused-ring (bicyclic) bond motifs is 1. The van der Waals surface area contributed by atoms with E-state index in [1.165, 1.54) is 0 Å². The number of hydrogen-bond acceptors (Lipinski definition) is 2. The molecule has 0 unspecified atom stereocenters. The molecule has 0 fully saturated rings. The van der Waals surface area contributed by atoms with E-state index in [-0.39, 0.29) is 0 Å². The van der Waals surface area contributed by atoms with Gasteiger partial charge in [-0.2, -0.15) is 0 Å². The first-order valence-corrected chi connectivity index (χ1v) is 5.72. The standard InChI is InChI=1S/C15H16N2/c1-3-7-15-14(16-2)11-6-9-12-8-4-5-10-13(12)17-15/h3-11,16H,1-2H3/b7-3+,9-6?,11-6+,12-9+,14-11?,15-14+,17-13-,17-15?. The maximum absolute atomic E-state index is 4.69. The predicted octanol–water partition coefficient (Wildman–Crippen LogP) is 1.66. The molecule has 1 aromatic carbocycles. The monoisotopic (exact) mass is 224 g/mol. The third-order valence-electron chi connectivity index (χ3n) is 2.59. The van der Waals surface area contributed by atoms with E-state index in [2.05, 4.69) is 22.5 Å². The highest BCUT2D eigenvalue weighted by Gasteiger charge is 1.99. The summed E-state index contributed by atoms with van der Waals surface area (Å²) in [6.07, 6.45) is 10.2. The molecule has 2 heteroatoms. The number of nitrogens with zero attached hydrogens (tertiary/aromatic N) is 1. The van der Waals surface area contributed by atoms with Gasteiger partial charge in [0.25, 0.3) is 0 Å². The minimum atomic E-state index is 0.951. The highest BCUT2D eigenvalue weighted by Crippen LogP contribution is 2.07. The van der Waals surface area contributed by atoms with Crippen LogP contribution in [0.15, 0.2) is 65.0 Å². The van der Waals surface area contributed by atoms with Gasteiger partial charge in [0.2, 0.25) is 0 Å². The molecule has 0 amide bonds. The molecule has 1 aliphatic rings. The zero-order valence-electron chi connectivity index (χ0n) is 10.1. The largest absolute Gasteiger partial charge is 0.386 e. The van der Waals surface area contributed by atoms with Crippen molar-refractivity contribution in [2.45, 2.75) is 6.92 Å². The minimum Gasteiger partial charge on any atom is -0.386 e. The zero-order valence-corrected chi connectivity index (χ0v) is 10.1. The first kappa shape index (κ1) is 11.4. The Morgan fingerprint density at radius 3 is 2.82 bits per heavy atom. The summed E-state index contributed by atoms with van der Waals surface area (Å²) in [5.74, 6) is 0. The Labute approximate surface area is 101 Å². The fourth-order valence-electron chi connectivity index (χ4n) is 1.75. The topological polar surface area (TPSA) is 24.4 Å².